The van der Waals surface area contributed by atoms with Gasteiger partial charge in [-0.15, -0.1) is 0 Å². The Balaban J connectivity index is 1.19. The quantitative estimate of drug-likeness (QED) is 0.342. The van der Waals surface area contributed by atoms with Gasteiger partial charge < -0.3 is 25.6 Å². The van der Waals surface area contributed by atoms with E-state index in [1.54, 1.807) is 18.2 Å². The maximum Gasteiger partial charge on any atom is 0.270 e. The van der Waals surface area contributed by atoms with E-state index in [0.29, 0.717) is 63.0 Å². The maximum absolute atomic E-state index is 14.4. The maximum atomic E-state index is 14.4. The van der Waals surface area contributed by atoms with E-state index in [1.165, 1.54) is 4.90 Å². The summed E-state index contributed by atoms with van der Waals surface area (Å²) in [5.41, 5.74) is -0.0455. The van der Waals surface area contributed by atoms with Crippen LogP contribution in [0.1, 0.15) is 87.5 Å². The fourth-order valence-corrected chi connectivity index (χ4v) is 8.84. The number of hydrogen-bond donors (Lipinski definition) is 4. The molecule has 282 valence electrons. The zero-order chi connectivity index (χ0) is 37.2. The number of fused-ring (bicyclic) bond motifs is 8. The minimum atomic E-state index is -3.89. The number of nitrogens with one attached hydrogen (secondary N) is 4. The van der Waals surface area contributed by atoms with Crippen LogP contribution < -0.4 is 25.4 Å². The fourth-order valence-electron chi connectivity index (χ4n) is 7.48. The summed E-state index contributed by atoms with van der Waals surface area (Å²) in [4.78, 5) is 75.2. The molecule has 3 fully saturated rings. The summed E-state index contributed by atoms with van der Waals surface area (Å²) >= 11 is 0. The highest BCUT2D eigenvalue weighted by Gasteiger charge is 2.62. The lowest BCUT2D eigenvalue weighted by atomic mass is 10.0. The molecular formula is C38H46N6O8S. The van der Waals surface area contributed by atoms with Crippen molar-refractivity contribution in [3.05, 3.63) is 60.3 Å². The van der Waals surface area contributed by atoms with Crippen LogP contribution in [-0.4, -0.2) is 89.9 Å². The first-order valence-electron chi connectivity index (χ1n) is 18.7. The number of rotatable bonds is 3. The Morgan fingerprint density at radius 1 is 0.943 bits per heavy atom. The number of benzene rings is 1. The van der Waals surface area contributed by atoms with E-state index in [4.69, 9.17) is 4.74 Å². The Labute approximate surface area is 308 Å². The van der Waals surface area contributed by atoms with Gasteiger partial charge in [0, 0.05) is 30.5 Å². The van der Waals surface area contributed by atoms with Gasteiger partial charge in [-0.05, 0) is 82.1 Å². The molecule has 53 heavy (non-hydrogen) atoms. The number of amides is 5. The van der Waals surface area contributed by atoms with Crippen molar-refractivity contribution in [1.82, 2.24) is 30.6 Å². The van der Waals surface area contributed by atoms with Crippen molar-refractivity contribution in [2.45, 2.75) is 106 Å². The molecule has 4 heterocycles. The zero-order valence-electron chi connectivity index (χ0n) is 29.6. The monoisotopic (exact) mass is 746 g/mol. The molecule has 2 aromatic rings. The van der Waals surface area contributed by atoms with Gasteiger partial charge in [0.15, 0.2) is 0 Å². The summed E-state index contributed by atoms with van der Waals surface area (Å²) in [7, 11) is -3.89. The second-order valence-corrected chi connectivity index (χ2v) is 16.7. The molecule has 7 rings (SSSR count). The molecule has 7 bridgehead atoms. The first-order chi connectivity index (χ1) is 25.5. The van der Waals surface area contributed by atoms with Crippen molar-refractivity contribution in [3.8, 4) is 17.0 Å². The second-order valence-electron chi connectivity index (χ2n) is 14.8. The van der Waals surface area contributed by atoms with Crippen LogP contribution in [0.25, 0.3) is 11.3 Å². The lowest BCUT2D eigenvalue weighted by Gasteiger charge is -2.30. The first kappa shape index (κ1) is 36.6. The van der Waals surface area contributed by atoms with Gasteiger partial charge in [0.2, 0.25) is 27.7 Å². The van der Waals surface area contributed by atoms with Crippen molar-refractivity contribution in [2.75, 3.05) is 13.2 Å². The van der Waals surface area contributed by atoms with Crippen LogP contribution >= 0.6 is 0 Å². The zero-order valence-corrected chi connectivity index (χ0v) is 30.4. The number of hydrogen-bond acceptors (Lipinski definition) is 9. The number of carbonyl (C=O) groups is 5. The van der Waals surface area contributed by atoms with Gasteiger partial charge in [0.05, 0.1) is 17.6 Å². The molecule has 3 aliphatic heterocycles. The summed E-state index contributed by atoms with van der Waals surface area (Å²) < 4.78 is 33.7. The summed E-state index contributed by atoms with van der Waals surface area (Å²) in [6.07, 6.45) is 9.59. The highest BCUT2D eigenvalue weighted by Crippen LogP contribution is 2.46. The van der Waals surface area contributed by atoms with Crippen LogP contribution in [0.3, 0.4) is 0 Å². The molecule has 1 aromatic carbocycles. The van der Waals surface area contributed by atoms with Crippen LogP contribution in [0.15, 0.2) is 54.6 Å². The Kier molecular flexibility index (Phi) is 10.5. The number of aromatic nitrogens is 1. The highest BCUT2D eigenvalue weighted by molar-refractivity contribution is 7.91. The molecule has 5 amide bonds. The van der Waals surface area contributed by atoms with Gasteiger partial charge in [0.1, 0.15) is 29.1 Å². The van der Waals surface area contributed by atoms with Gasteiger partial charge in [-0.1, -0.05) is 43.2 Å². The number of carbonyl (C=O) groups excluding carboxylic acids is 5. The molecule has 0 radical (unpaired) electrons. The van der Waals surface area contributed by atoms with Crippen molar-refractivity contribution in [2.24, 2.45) is 5.92 Å². The molecule has 4 N–H and O–H groups in total. The first-order valence-corrected chi connectivity index (χ1v) is 20.2. The number of sulfonamides is 1. The average Bonchev–Trinajstić information content (AvgIpc) is 4.07. The fraction of sp³-hybridized carbons (Fsp3) is 0.526. The molecule has 5 atom stereocenters. The molecule has 2 aliphatic carbocycles. The molecule has 14 nitrogen and oxygen atoms in total. The van der Waals surface area contributed by atoms with Gasteiger partial charge in [-0.25, -0.2) is 13.4 Å². The Morgan fingerprint density at radius 3 is 2.58 bits per heavy atom. The van der Waals surface area contributed by atoms with Crippen LogP contribution in [0, 0.1) is 5.92 Å². The summed E-state index contributed by atoms with van der Waals surface area (Å²) in [5.74, 6) is -2.47. The molecule has 15 heteroatoms. The Hall–Kier alpha value is -4.79. The molecule has 2 saturated carbocycles. The number of allylic oxidation sites excluding steroid dienone is 1. The van der Waals surface area contributed by atoms with Crippen LogP contribution in [0.2, 0.25) is 0 Å². The van der Waals surface area contributed by atoms with Gasteiger partial charge in [-0.3, -0.25) is 28.7 Å². The third kappa shape index (κ3) is 8.40. The van der Waals surface area contributed by atoms with Crippen molar-refractivity contribution >= 4 is 39.6 Å². The largest absolute Gasteiger partial charge is 0.494 e. The second kappa shape index (κ2) is 15.3. The normalized spacial score (nSPS) is 29.2. The number of nitrogens with zero attached hydrogens (tertiary/aromatic N) is 2. The van der Waals surface area contributed by atoms with Crippen LogP contribution in [-0.2, 0) is 29.2 Å². The number of pyridine rings is 1. The Morgan fingerprint density at radius 2 is 1.75 bits per heavy atom. The molecule has 1 saturated heterocycles. The van der Waals surface area contributed by atoms with E-state index in [9.17, 15) is 32.4 Å². The molecule has 0 unspecified atom stereocenters. The molecule has 1 aromatic heterocycles. The van der Waals surface area contributed by atoms with Crippen LogP contribution in [0.5, 0.6) is 5.75 Å². The van der Waals surface area contributed by atoms with E-state index in [2.05, 4.69) is 25.7 Å². The third-order valence-corrected chi connectivity index (χ3v) is 12.5. The molecule has 0 spiro atoms. The van der Waals surface area contributed by atoms with E-state index in [0.717, 1.165) is 18.4 Å². The predicted molar refractivity (Wildman–Crippen MR) is 194 cm³/mol. The summed E-state index contributed by atoms with van der Waals surface area (Å²) in [5, 5.41) is 8.10. The SMILES string of the molecule is O=C1CCCCOc2cccc(c2)-c2cccc(n2)C(=O)N[C@@H]2C[C@H]3C(=O)N[C@]4(C(=O)NS(=O)(=O)C5CC5)C[C@H]4/C=C\CCCCC[C@H](N1)C(=O)N3C2. The number of ether oxygens (including phenoxy) is 1. The van der Waals surface area contributed by atoms with Gasteiger partial charge >= 0.3 is 0 Å². The van der Waals surface area contributed by atoms with Gasteiger partial charge in [0.25, 0.3) is 11.8 Å². The van der Waals surface area contributed by atoms with Gasteiger partial charge in [-0.2, -0.15) is 0 Å². The van der Waals surface area contributed by atoms with E-state index < -0.39 is 68.5 Å². The van der Waals surface area contributed by atoms with E-state index >= 15 is 0 Å². The minimum absolute atomic E-state index is 0.0211. The van der Waals surface area contributed by atoms with Crippen LogP contribution in [0.4, 0.5) is 0 Å². The van der Waals surface area contributed by atoms with E-state index in [1.807, 2.05) is 36.4 Å². The lowest BCUT2D eigenvalue weighted by molar-refractivity contribution is -0.142. The third-order valence-electron chi connectivity index (χ3n) is 10.7. The topological polar surface area (TPSA) is 193 Å². The standard InChI is InChI=1S/C38H46N6O8S/c45-33-16-6-7-19-52-27-12-8-10-24(20-27)29-14-9-15-30(40-29)34(46)39-26-21-32-35(47)42-38(37(49)43-53(50,51)28-17-18-28)22-25(38)11-4-2-1-3-5-13-31(41-33)36(48)44(32)23-26/h4,8-12,14-15,20,25-26,28,31-32H,1-3,5-7,13,16-19,21-23H2,(H,39,46)(H,41,45)(H,42,47)(H,43,49)/b11-4-/t25-,26-,31+,32+,38-/m1/s1. The smallest absolute Gasteiger partial charge is 0.270 e. The minimum Gasteiger partial charge on any atom is -0.494 e. The lowest BCUT2D eigenvalue weighted by Crippen LogP contribution is -2.58. The van der Waals surface area contributed by atoms with E-state index in [-0.39, 0.29) is 37.4 Å². The van der Waals surface area contributed by atoms with Crippen molar-refractivity contribution in [1.29, 1.82) is 0 Å². The summed E-state index contributed by atoms with van der Waals surface area (Å²) in [6.45, 7) is 0.356. The predicted octanol–water partition coefficient (Wildman–Crippen LogP) is 2.50. The molecule has 5 aliphatic rings. The Bertz CT molecular complexity index is 1910. The highest BCUT2D eigenvalue weighted by atomic mass is 32.2. The van der Waals surface area contributed by atoms with Crippen molar-refractivity contribution < 1.29 is 37.1 Å². The summed E-state index contributed by atoms with van der Waals surface area (Å²) in [6, 6.07) is 9.80. The average molecular weight is 747 g/mol. The van der Waals surface area contributed by atoms with Crippen molar-refractivity contribution in [3.63, 3.8) is 0 Å². The molecular weight excluding hydrogens is 701 g/mol.